The summed E-state index contributed by atoms with van der Waals surface area (Å²) in [4.78, 5) is 72.1. The lowest BCUT2D eigenvalue weighted by molar-refractivity contribution is -0.137. The van der Waals surface area contributed by atoms with E-state index in [-0.39, 0.29) is 47.2 Å². The van der Waals surface area contributed by atoms with E-state index in [0.29, 0.717) is 12.5 Å². The van der Waals surface area contributed by atoms with Gasteiger partial charge in [0.05, 0.1) is 49.2 Å². The Morgan fingerprint density at radius 3 is 2.12 bits per heavy atom. The molecule has 0 radical (unpaired) electrons. The third-order valence-corrected chi connectivity index (χ3v) is 12.2. The smallest absolute Gasteiger partial charge is 0.407 e. The van der Waals surface area contributed by atoms with Crippen molar-refractivity contribution in [1.82, 2.24) is 40.4 Å². The quantitative estimate of drug-likeness (QED) is 0.154. The molecule has 2 aromatic carbocycles. The number of hydrogen-bond acceptors (Lipinski definition) is 8. The van der Waals surface area contributed by atoms with Crippen LogP contribution in [0, 0.1) is 35.0 Å². The number of fused-ring (bicyclic) bond motifs is 2. The van der Waals surface area contributed by atoms with Crippen LogP contribution in [-0.2, 0) is 19.1 Å². The van der Waals surface area contributed by atoms with Crippen LogP contribution in [0.1, 0.15) is 94.7 Å². The molecule has 2 aromatic heterocycles. The number of rotatable bonds is 9. The van der Waals surface area contributed by atoms with E-state index in [1.54, 1.807) is 6.20 Å². The van der Waals surface area contributed by atoms with Crippen LogP contribution in [0.25, 0.3) is 22.3 Å². The van der Waals surface area contributed by atoms with Gasteiger partial charge in [-0.15, -0.1) is 0 Å². The van der Waals surface area contributed by atoms with E-state index in [4.69, 9.17) is 19.4 Å². The van der Waals surface area contributed by atoms with Gasteiger partial charge in [-0.1, -0.05) is 51.7 Å². The molecule has 0 unspecified atom stereocenters. The number of likely N-dealkylation sites (tertiary alicyclic amines) is 2. The van der Waals surface area contributed by atoms with Gasteiger partial charge in [-0.25, -0.2) is 19.6 Å². The molecule has 2 saturated heterocycles. The van der Waals surface area contributed by atoms with Gasteiger partial charge in [-0.05, 0) is 91.2 Å². The molecular formula is C43H50N8O6. The minimum absolute atomic E-state index is 0.102. The Bertz CT molecular complexity index is 2260. The predicted molar refractivity (Wildman–Crippen MR) is 211 cm³/mol. The number of nitrogens with zero attached hydrogens (tertiary/aromatic N) is 4. The van der Waals surface area contributed by atoms with Crippen molar-refractivity contribution in [3.8, 4) is 23.1 Å². The molecule has 1 spiro atoms. The number of carbonyl (C=O) groups excluding carboxylic acids is 4. The SMILES string of the molecule is COC(=O)N[C@H](C(=O)N1CC2(CC2)C[C@H]1c1nc2ccc(C#Cc3ccc(-c4cnc([C@@H]5C[C@H]6C[C@H]6N5C(=O)[C@@H](NC(=O)OC)C(C)C)[nH]4)cc3)cc2[nH]1)C(C)C. The Balaban J connectivity index is 0.951. The van der Waals surface area contributed by atoms with Crippen LogP contribution in [0.2, 0.25) is 0 Å². The summed E-state index contributed by atoms with van der Waals surface area (Å²) in [6.45, 7) is 8.31. The fourth-order valence-corrected chi connectivity index (χ4v) is 8.62. The molecule has 4 amide bonds. The molecule has 14 heteroatoms. The van der Waals surface area contributed by atoms with Crippen LogP contribution in [0.5, 0.6) is 0 Å². The summed E-state index contributed by atoms with van der Waals surface area (Å²) in [6.07, 6.45) is 5.36. The first-order valence-corrected chi connectivity index (χ1v) is 19.9. The van der Waals surface area contributed by atoms with Crippen molar-refractivity contribution in [2.45, 2.75) is 90.0 Å². The minimum Gasteiger partial charge on any atom is -0.453 e. The molecule has 57 heavy (non-hydrogen) atoms. The van der Waals surface area contributed by atoms with Gasteiger partial charge in [0.15, 0.2) is 0 Å². The van der Waals surface area contributed by atoms with Crippen LogP contribution >= 0.6 is 0 Å². The number of carbonyl (C=O) groups is 4. The lowest BCUT2D eigenvalue weighted by atomic mass is 10.0. The highest BCUT2D eigenvalue weighted by atomic mass is 16.5. The second kappa shape index (κ2) is 14.9. The van der Waals surface area contributed by atoms with Gasteiger partial charge in [0, 0.05) is 23.7 Å². The molecule has 2 aliphatic carbocycles. The Labute approximate surface area is 331 Å². The van der Waals surface area contributed by atoms with Gasteiger partial charge in [0.2, 0.25) is 11.8 Å². The highest BCUT2D eigenvalue weighted by Gasteiger charge is 2.57. The lowest BCUT2D eigenvalue weighted by Gasteiger charge is -2.31. The first-order valence-electron chi connectivity index (χ1n) is 19.9. The molecule has 4 heterocycles. The Morgan fingerprint density at radius 1 is 0.825 bits per heavy atom. The van der Waals surface area contributed by atoms with E-state index in [1.165, 1.54) is 14.2 Å². The summed E-state index contributed by atoms with van der Waals surface area (Å²) >= 11 is 0. The van der Waals surface area contributed by atoms with Crippen molar-refractivity contribution >= 4 is 35.0 Å². The minimum atomic E-state index is -0.696. The van der Waals surface area contributed by atoms with Crippen molar-refractivity contribution in [2.75, 3.05) is 20.8 Å². The highest BCUT2D eigenvalue weighted by molar-refractivity contribution is 5.88. The lowest BCUT2D eigenvalue weighted by Crippen LogP contribution is -2.52. The van der Waals surface area contributed by atoms with Crippen molar-refractivity contribution in [3.63, 3.8) is 0 Å². The van der Waals surface area contributed by atoms with Crippen molar-refractivity contribution in [1.29, 1.82) is 0 Å². The molecule has 14 nitrogen and oxygen atoms in total. The summed E-state index contributed by atoms with van der Waals surface area (Å²) in [7, 11) is 2.60. The third kappa shape index (κ3) is 7.55. The molecule has 6 atom stereocenters. The fourth-order valence-electron chi connectivity index (χ4n) is 8.62. The number of piperidine rings is 1. The first-order chi connectivity index (χ1) is 27.4. The zero-order valence-electron chi connectivity index (χ0n) is 33.2. The Morgan fingerprint density at radius 2 is 1.47 bits per heavy atom. The third-order valence-electron chi connectivity index (χ3n) is 12.2. The number of amides is 4. The van der Waals surface area contributed by atoms with Crippen molar-refractivity contribution < 1.29 is 28.7 Å². The number of imidazole rings is 2. The van der Waals surface area contributed by atoms with Gasteiger partial charge < -0.3 is 39.9 Å². The maximum atomic E-state index is 13.9. The Kier molecular flexibility index (Phi) is 9.96. The van der Waals surface area contributed by atoms with E-state index in [9.17, 15) is 19.2 Å². The molecule has 4 aliphatic rings. The average Bonchev–Trinajstić information content (AvgIpc) is 3.82. The second-order valence-corrected chi connectivity index (χ2v) is 16.8. The molecule has 4 fully saturated rings. The monoisotopic (exact) mass is 774 g/mol. The summed E-state index contributed by atoms with van der Waals surface area (Å²) in [6, 6.07) is 12.2. The van der Waals surface area contributed by atoms with E-state index < -0.39 is 24.3 Å². The average molecular weight is 775 g/mol. The highest BCUT2D eigenvalue weighted by Crippen LogP contribution is 2.58. The zero-order chi connectivity index (χ0) is 40.2. The van der Waals surface area contributed by atoms with Gasteiger partial charge in [-0.2, -0.15) is 0 Å². The van der Waals surface area contributed by atoms with E-state index in [2.05, 4.69) is 32.4 Å². The second-order valence-electron chi connectivity index (χ2n) is 16.8. The first kappa shape index (κ1) is 38.1. The van der Waals surface area contributed by atoms with Crippen LogP contribution < -0.4 is 10.6 Å². The van der Waals surface area contributed by atoms with Crippen molar-refractivity contribution in [3.05, 3.63) is 71.4 Å². The molecule has 0 bridgehead atoms. The summed E-state index contributed by atoms with van der Waals surface area (Å²) in [5.74, 6) is 8.04. The number of aromatic amines is 2. The zero-order valence-corrected chi connectivity index (χ0v) is 33.2. The predicted octanol–water partition coefficient (Wildman–Crippen LogP) is 5.83. The van der Waals surface area contributed by atoms with Gasteiger partial charge >= 0.3 is 12.2 Å². The molecule has 8 rings (SSSR count). The van der Waals surface area contributed by atoms with Crippen LogP contribution in [-0.4, -0.2) is 92.6 Å². The van der Waals surface area contributed by atoms with Gasteiger partial charge in [0.1, 0.15) is 23.7 Å². The summed E-state index contributed by atoms with van der Waals surface area (Å²) in [5, 5.41) is 5.47. The fraction of sp³-hybridized carbons (Fsp3) is 0.488. The summed E-state index contributed by atoms with van der Waals surface area (Å²) in [5.41, 5.74) is 5.24. The van der Waals surface area contributed by atoms with Gasteiger partial charge in [-0.3, -0.25) is 9.59 Å². The maximum Gasteiger partial charge on any atom is 0.407 e. The number of benzene rings is 2. The number of H-pyrrole nitrogens is 2. The molecule has 4 aromatic rings. The largest absolute Gasteiger partial charge is 0.453 e. The standard InChI is InChI=1S/C43H50N8O6/c1-23(2)35(48-41(54)56-5)39(52)50-22-43(15-16-43)20-34(50)38-45-29-14-11-26(17-30(29)46-38)8-7-25-9-12-27(13-10-25)31-21-44-37(47-31)33-19-28-18-32(28)51(33)40(53)36(24(3)4)49-42(55)57-6/h9-14,17,21,23-24,28,32-36H,15-16,18-20,22H2,1-6H3,(H,44,47)(H,45,46)(H,48,54)(H,49,55)/t28-,32-,33+,34+,35+,36+/m1/s1. The number of alkyl carbamates (subject to hydrolysis) is 2. The van der Waals surface area contributed by atoms with Crippen LogP contribution in [0.15, 0.2) is 48.7 Å². The van der Waals surface area contributed by atoms with E-state index >= 15 is 0 Å². The van der Waals surface area contributed by atoms with E-state index in [0.717, 1.165) is 77.2 Å². The molecule has 298 valence electrons. The number of methoxy groups -OCH3 is 2. The molecular weight excluding hydrogens is 725 g/mol. The topological polar surface area (TPSA) is 175 Å². The van der Waals surface area contributed by atoms with Crippen LogP contribution in [0.3, 0.4) is 0 Å². The van der Waals surface area contributed by atoms with Crippen molar-refractivity contribution in [2.24, 2.45) is 23.2 Å². The molecule has 2 aliphatic heterocycles. The molecule has 4 N–H and O–H groups in total. The Hall–Kier alpha value is -5.84. The maximum absolute atomic E-state index is 13.9. The van der Waals surface area contributed by atoms with E-state index in [1.807, 2.05) is 80.0 Å². The van der Waals surface area contributed by atoms with Crippen LogP contribution in [0.4, 0.5) is 9.59 Å². The normalized spacial score (nSPS) is 22.5. The number of ether oxygens (including phenoxy) is 2. The number of hydrogen-bond donors (Lipinski definition) is 4. The number of nitrogens with one attached hydrogen (secondary N) is 4. The van der Waals surface area contributed by atoms with Gasteiger partial charge in [0.25, 0.3) is 0 Å². The number of aromatic nitrogens is 4. The summed E-state index contributed by atoms with van der Waals surface area (Å²) < 4.78 is 9.59. The molecule has 2 saturated carbocycles.